The van der Waals surface area contributed by atoms with Crippen LogP contribution in [0.2, 0.25) is 0 Å². The molecule has 5 rings (SSSR count). The minimum Gasteiger partial charge on any atom is -0.238 e. The first kappa shape index (κ1) is 30.8. The Bertz CT molecular complexity index is 2450. The van der Waals surface area contributed by atoms with Gasteiger partial charge in [-0.15, -0.1) is 0 Å². The lowest BCUT2D eigenvalue weighted by atomic mass is 9.91. The zero-order valence-corrected chi connectivity index (χ0v) is 23.8. The van der Waals surface area contributed by atoms with Crippen LogP contribution in [0.3, 0.4) is 0 Å². The monoisotopic (exact) mass is 612 g/mol. The largest absolute Gasteiger partial charge is 0.417 e. The summed E-state index contributed by atoms with van der Waals surface area (Å²) >= 11 is 0. The molecule has 8 nitrogen and oxygen atoms in total. The summed E-state index contributed by atoms with van der Waals surface area (Å²) in [5.41, 5.74) is -1.16. The fourth-order valence-corrected chi connectivity index (χ4v) is 5.73. The normalized spacial score (nSPS) is 15.0. The third-order valence-corrected chi connectivity index (χ3v) is 7.68. The van der Waals surface area contributed by atoms with Gasteiger partial charge in [0.2, 0.25) is 5.70 Å². The van der Waals surface area contributed by atoms with Crippen molar-refractivity contribution in [2.45, 2.75) is 13.1 Å². The second-order valence-electron chi connectivity index (χ2n) is 10.0. The summed E-state index contributed by atoms with van der Waals surface area (Å²) in [5, 5.41) is 39.6. The molecule has 0 heterocycles. The number of allylic oxidation sites excluding steroid dienone is 7. The van der Waals surface area contributed by atoms with Gasteiger partial charge in [0.15, 0.2) is 5.69 Å². The van der Waals surface area contributed by atoms with Crippen molar-refractivity contribution in [2.75, 3.05) is 0 Å². The molecule has 0 unspecified atom stereocenters. The second kappa shape index (κ2) is 11.4. The topological polar surface area (TPSA) is 113 Å². The number of alkyl halides is 3. The Labute approximate surface area is 266 Å². The van der Waals surface area contributed by atoms with Crippen molar-refractivity contribution in [3.8, 4) is 24.3 Å². The predicted molar refractivity (Wildman–Crippen MR) is 164 cm³/mol. The average molecular weight is 613 g/mol. The van der Waals surface area contributed by atoms with Gasteiger partial charge >= 0.3 is 6.18 Å². The van der Waals surface area contributed by atoms with Crippen LogP contribution in [0.4, 0.5) is 18.9 Å². The Kier molecular flexibility index (Phi) is 7.49. The van der Waals surface area contributed by atoms with Crippen LogP contribution in [0, 0.1) is 78.5 Å². The molecule has 0 bridgehead atoms. The number of fused-ring (bicyclic) bond motifs is 2. The van der Waals surface area contributed by atoms with Crippen LogP contribution < -0.4 is 0 Å². The SMILES string of the molecule is [C-]#[N+]C1=C(c2ccc([N+]#[C-])c(C)c2)/C(=C(/C#N)[N+]#[C-])c2cc3c(cc21)/C(=C(/C#N)[N+]#[C-])C(c1ccc(C#N)c(C(F)(F)F)c1)=C3C#N. The maximum atomic E-state index is 14.0. The van der Waals surface area contributed by atoms with Crippen molar-refractivity contribution in [3.63, 3.8) is 0 Å². The molecule has 0 amide bonds. The molecular weight excluding hydrogens is 601 g/mol. The highest BCUT2D eigenvalue weighted by molar-refractivity contribution is 6.29. The summed E-state index contributed by atoms with van der Waals surface area (Å²) in [6, 6.07) is 17.5. The summed E-state index contributed by atoms with van der Waals surface area (Å²) in [7, 11) is 0. The van der Waals surface area contributed by atoms with Crippen molar-refractivity contribution in [2.24, 2.45) is 0 Å². The van der Waals surface area contributed by atoms with E-state index in [9.17, 15) is 34.2 Å². The lowest BCUT2D eigenvalue weighted by molar-refractivity contribution is -0.137. The van der Waals surface area contributed by atoms with Crippen molar-refractivity contribution in [1.29, 1.82) is 21.0 Å². The maximum absolute atomic E-state index is 14.0. The van der Waals surface area contributed by atoms with E-state index in [1.807, 2.05) is 12.1 Å². The van der Waals surface area contributed by atoms with E-state index in [0.29, 0.717) is 22.9 Å². The minimum atomic E-state index is -4.94. The van der Waals surface area contributed by atoms with Gasteiger partial charge in [-0.2, -0.15) is 23.7 Å². The van der Waals surface area contributed by atoms with Gasteiger partial charge in [0.05, 0.1) is 61.2 Å². The minimum absolute atomic E-state index is 0.00882. The van der Waals surface area contributed by atoms with Crippen LogP contribution in [-0.4, -0.2) is 0 Å². The third kappa shape index (κ3) is 4.65. The van der Waals surface area contributed by atoms with Gasteiger partial charge in [-0.3, -0.25) is 0 Å². The van der Waals surface area contributed by atoms with E-state index >= 15 is 0 Å². The molecule has 0 spiro atoms. The summed E-state index contributed by atoms with van der Waals surface area (Å²) in [6.45, 7) is 32.5. The van der Waals surface area contributed by atoms with Crippen LogP contribution in [-0.2, 0) is 6.18 Å². The average Bonchev–Trinajstić information content (AvgIpc) is 3.56. The molecule has 0 aliphatic heterocycles. The molecule has 0 aromatic heterocycles. The summed E-state index contributed by atoms with van der Waals surface area (Å²) in [5.74, 6) is 0. The molecule has 3 aromatic carbocycles. The molecular formula is C36H11F3N8. The van der Waals surface area contributed by atoms with E-state index in [1.165, 1.54) is 24.3 Å². The Morgan fingerprint density at radius 1 is 0.681 bits per heavy atom. The first-order chi connectivity index (χ1) is 22.5. The Morgan fingerprint density at radius 3 is 1.77 bits per heavy atom. The molecule has 0 fully saturated rings. The van der Waals surface area contributed by atoms with E-state index in [0.717, 1.165) is 6.07 Å². The Hall–Kier alpha value is -7.67. The van der Waals surface area contributed by atoms with E-state index in [2.05, 4.69) is 19.4 Å². The molecule has 0 radical (unpaired) electrons. The highest BCUT2D eigenvalue weighted by atomic mass is 19.4. The van der Waals surface area contributed by atoms with Gasteiger partial charge in [-0.1, -0.05) is 30.3 Å². The number of hydrogen-bond donors (Lipinski definition) is 0. The molecule has 3 aromatic rings. The summed E-state index contributed by atoms with van der Waals surface area (Å²) in [4.78, 5) is 13.8. The predicted octanol–water partition coefficient (Wildman–Crippen LogP) is 8.99. The molecule has 11 heteroatoms. The standard InChI is InChI=1S/C36H11F3N8/c1-18-10-19(8-9-28(18)44-2)32-34(30(17-43)46-4)24-12-22-23(13-25(24)35(32)47-5)33(29(16-42)45-3)31(26(22)15-41)20-6-7-21(14-40)27(11-20)36(37,38)39/h6-13H,1H3/b33-29+,34-30-. The van der Waals surface area contributed by atoms with Crippen LogP contribution in [0.25, 0.3) is 52.9 Å². The van der Waals surface area contributed by atoms with E-state index in [-0.39, 0.29) is 67.1 Å². The van der Waals surface area contributed by atoms with Gasteiger partial charge < -0.3 is 0 Å². The molecule has 0 saturated carbocycles. The number of rotatable bonds is 2. The number of benzene rings is 3. The zero-order chi connectivity index (χ0) is 34.2. The molecule has 2 aliphatic carbocycles. The highest BCUT2D eigenvalue weighted by Crippen LogP contribution is 2.55. The van der Waals surface area contributed by atoms with E-state index in [4.69, 9.17) is 26.3 Å². The summed E-state index contributed by atoms with van der Waals surface area (Å²) < 4.78 is 41.9. The number of aryl methyl sites for hydroxylation is 1. The van der Waals surface area contributed by atoms with Gasteiger partial charge in [-0.05, 0) is 80.8 Å². The maximum Gasteiger partial charge on any atom is 0.417 e. The van der Waals surface area contributed by atoms with Crippen LogP contribution in [0.15, 0.2) is 59.9 Å². The smallest absolute Gasteiger partial charge is 0.238 e. The van der Waals surface area contributed by atoms with Crippen LogP contribution in [0.5, 0.6) is 0 Å². The molecule has 47 heavy (non-hydrogen) atoms. The summed E-state index contributed by atoms with van der Waals surface area (Å²) in [6.07, 6.45) is -4.94. The Balaban J connectivity index is 1.92. The molecule has 0 atom stereocenters. The fraction of sp³-hybridized carbons (Fsp3) is 0.0556. The third-order valence-electron chi connectivity index (χ3n) is 7.68. The number of nitrogens with zero attached hydrogens (tertiary/aromatic N) is 8. The highest BCUT2D eigenvalue weighted by Gasteiger charge is 2.39. The first-order valence-electron chi connectivity index (χ1n) is 13.1. The first-order valence-corrected chi connectivity index (χ1v) is 13.1. The van der Waals surface area contributed by atoms with E-state index < -0.39 is 23.0 Å². The lowest BCUT2D eigenvalue weighted by Crippen LogP contribution is -2.08. The van der Waals surface area contributed by atoms with Crippen molar-refractivity contribution >= 4 is 39.2 Å². The second-order valence-corrected chi connectivity index (χ2v) is 10.0. The van der Waals surface area contributed by atoms with Crippen LogP contribution >= 0.6 is 0 Å². The van der Waals surface area contributed by atoms with Crippen LogP contribution in [0.1, 0.15) is 50.1 Å². The fourth-order valence-electron chi connectivity index (χ4n) is 5.73. The van der Waals surface area contributed by atoms with Crippen molar-refractivity contribution < 1.29 is 13.2 Å². The Morgan fingerprint density at radius 2 is 1.26 bits per heavy atom. The van der Waals surface area contributed by atoms with E-state index in [1.54, 1.807) is 31.2 Å². The van der Waals surface area contributed by atoms with Gasteiger partial charge in [0.1, 0.15) is 6.07 Å². The molecule has 0 N–H and O–H groups in total. The quantitative estimate of drug-likeness (QED) is 0.212. The zero-order valence-electron chi connectivity index (χ0n) is 23.8. The molecule has 216 valence electrons. The lowest BCUT2D eigenvalue weighted by Gasteiger charge is -2.14. The number of nitriles is 4. The number of halogens is 3. The van der Waals surface area contributed by atoms with Gasteiger partial charge in [0, 0.05) is 5.57 Å². The molecule has 0 saturated heterocycles. The molecule has 2 aliphatic rings. The van der Waals surface area contributed by atoms with Crippen molar-refractivity contribution in [3.05, 3.63) is 156 Å². The van der Waals surface area contributed by atoms with Gasteiger partial charge in [-0.25, -0.2) is 29.9 Å². The van der Waals surface area contributed by atoms with Crippen molar-refractivity contribution in [1.82, 2.24) is 0 Å². The van der Waals surface area contributed by atoms with Gasteiger partial charge in [0.25, 0.3) is 11.4 Å². The number of hydrogen-bond acceptors (Lipinski definition) is 4.